The Morgan fingerprint density at radius 2 is 2.00 bits per heavy atom. The SMILES string of the molecule is CCCSc1ncc(Cl)c(C(=O)NCCCC(=O)Nc2ccccc2)n1. The molecule has 8 heteroatoms. The lowest BCUT2D eigenvalue weighted by atomic mass is 10.2. The third kappa shape index (κ3) is 6.65. The second-order valence-corrected chi connectivity index (χ2v) is 6.94. The molecule has 0 atom stereocenters. The normalized spacial score (nSPS) is 10.4. The molecular weight excluding hydrogens is 372 g/mol. The van der Waals surface area contributed by atoms with Gasteiger partial charge in [-0.25, -0.2) is 9.97 Å². The largest absolute Gasteiger partial charge is 0.351 e. The van der Waals surface area contributed by atoms with Crippen LogP contribution < -0.4 is 10.6 Å². The lowest BCUT2D eigenvalue weighted by Gasteiger charge is -2.08. The smallest absolute Gasteiger partial charge is 0.271 e. The molecule has 0 saturated carbocycles. The average molecular weight is 393 g/mol. The molecule has 1 aromatic carbocycles. The van der Waals surface area contributed by atoms with Gasteiger partial charge >= 0.3 is 0 Å². The van der Waals surface area contributed by atoms with Crippen molar-refractivity contribution in [2.24, 2.45) is 0 Å². The monoisotopic (exact) mass is 392 g/mol. The van der Waals surface area contributed by atoms with Crippen LogP contribution in [0.2, 0.25) is 5.02 Å². The van der Waals surface area contributed by atoms with Crippen molar-refractivity contribution < 1.29 is 9.59 Å². The zero-order chi connectivity index (χ0) is 18.8. The zero-order valence-corrected chi connectivity index (χ0v) is 16.1. The first-order valence-electron chi connectivity index (χ1n) is 8.38. The molecule has 0 radical (unpaired) electrons. The van der Waals surface area contributed by atoms with Crippen molar-refractivity contribution in [2.75, 3.05) is 17.6 Å². The minimum Gasteiger partial charge on any atom is -0.351 e. The number of benzene rings is 1. The van der Waals surface area contributed by atoms with Gasteiger partial charge in [-0.05, 0) is 25.0 Å². The molecule has 138 valence electrons. The summed E-state index contributed by atoms with van der Waals surface area (Å²) in [7, 11) is 0. The number of amides is 2. The number of hydrogen-bond donors (Lipinski definition) is 2. The van der Waals surface area contributed by atoms with E-state index in [2.05, 4.69) is 27.5 Å². The molecule has 2 N–H and O–H groups in total. The Labute approximate surface area is 162 Å². The molecule has 0 aliphatic heterocycles. The molecule has 0 unspecified atom stereocenters. The summed E-state index contributed by atoms with van der Waals surface area (Å²) in [5.41, 5.74) is 0.917. The van der Waals surface area contributed by atoms with Gasteiger partial charge in [0.1, 0.15) is 0 Å². The van der Waals surface area contributed by atoms with Gasteiger partial charge in [-0.15, -0.1) is 0 Å². The van der Waals surface area contributed by atoms with Crippen molar-refractivity contribution in [1.29, 1.82) is 0 Å². The van der Waals surface area contributed by atoms with Crippen LogP contribution in [0.25, 0.3) is 0 Å². The van der Waals surface area contributed by atoms with Gasteiger partial charge in [-0.1, -0.05) is 48.5 Å². The van der Waals surface area contributed by atoms with E-state index in [4.69, 9.17) is 11.6 Å². The van der Waals surface area contributed by atoms with Gasteiger partial charge < -0.3 is 10.6 Å². The zero-order valence-electron chi connectivity index (χ0n) is 14.5. The number of para-hydroxylation sites is 1. The fraction of sp³-hybridized carbons (Fsp3) is 0.333. The Morgan fingerprint density at radius 3 is 2.73 bits per heavy atom. The number of hydrogen-bond acceptors (Lipinski definition) is 5. The van der Waals surface area contributed by atoms with E-state index < -0.39 is 0 Å². The quantitative estimate of drug-likeness (QED) is 0.385. The number of nitrogens with one attached hydrogen (secondary N) is 2. The molecule has 2 rings (SSSR count). The van der Waals surface area contributed by atoms with Crippen molar-refractivity contribution in [3.05, 3.63) is 47.2 Å². The van der Waals surface area contributed by atoms with E-state index in [9.17, 15) is 9.59 Å². The fourth-order valence-corrected chi connectivity index (χ4v) is 2.90. The van der Waals surface area contributed by atoms with E-state index in [1.54, 1.807) is 0 Å². The highest BCUT2D eigenvalue weighted by molar-refractivity contribution is 7.99. The van der Waals surface area contributed by atoms with Gasteiger partial charge in [-0.3, -0.25) is 9.59 Å². The molecule has 2 amide bonds. The first kappa shape index (κ1) is 20.2. The highest BCUT2D eigenvalue weighted by atomic mass is 35.5. The molecule has 6 nitrogen and oxygen atoms in total. The lowest BCUT2D eigenvalue weighted by molar-refractivity contribution is -0.116. The van der Waals surface area contributed by atoms with Crippen molar-refractivity contribution in [2.45, 2.75) is 31.3 Å². The van der Waals surface area contributed by atoms with Crippen LogP contribution in [-0.2, 0) is 4.79 Å². The Morgan fingerprint density at radius 1 is 1.23 bits per heavy atom. The van der Waals surface area contributed by atoms with E-state index in [0.717, 1.165) is 17.9 Å². The molecule has 2 aromatic rings. The van der Waals surface area contributed by atoms with Gasteiger partial charge in [0.2, 0.25) is 5.91 Å². The van der Waals surface area contributed by atoms with Crippen LogP contribution in [0, 0.1) is 0 Å². The van der Waals surface area contributed by atoms with Gasteiger partial charge in [-0.2, -0.15) is 0 Å². The van der Waals surface area contributed by atoms with E-state index in [0.29, 0.717) is 24.5 Å². The number of aromatic nitrogens is 2. The minimum absolute atomic E-state index is 0.0937. The Hall–Kier alpha value is -2.12. The summed E-state index contributed by atoms with van der Waals surface area (Å²) in [5, 5.41) is 6.29. The third-order valence-electron chi connectivity index (χ3n) is 3.30. The van der Waals surface area contributed by atoms with Crippen LogP contribution in [0.3, 0.4) is 0 Å². The van der Waals surface area contributed by atoms with Gasteiger partial charge in [0.05, 0.1) is 11.2 Å². The third-order valence-corrected chi connectivity index (χ3v) is 4.64. The molecule has 0 bridgehead atoms. The van der Waals surface area contributed by atoms with Gasteiger partial charge in [0, 0.05) is 24.4 Å². The number of nitrogens with zero attached hydrogens (tertiary/aromatic N) is 2. The topological polar surface area (TPSA) is 84.0 Å². The summed E-state index contributed by atoms with van der Waals surface area (Å²) in [6.07, 6.45) is 3.26. The Balaban J connectivity index is 1.77. The summed E-state index contributed by atoms with van der Waals surface area (Å²) < 4.78 is 0. The Kier molecular flexibility index (Phi) is 8.37. The van der Waals surface area contributed by atoms with Gasteiger partial charge in [0.15, 0.2) is 10.9 Å². The molecular formula is C18H21ClN4O2S. The van der Waals surface area contributed by atoms with E-state index in [-0.39, 0.29) is 22.5 Å². The van der Waals surface area contributed by atoms with Crippen LogP contribution in [-0.4, -0.2) is 34.1 Å². The maximum atomic E-state index is 12.2. The second-order valence-electron chi connectivity index (χ2n) is 5.47. The number of carbonyl (C=O) groups excluding carboxylic acids is 2. The lowest BCUT2D eigenvalue weighted by Crippen LogP contribution is -2.27. The van der Waals surface area contributed by atoms with Crippen LogP contribution in [0.4, 0.5) is 5.69 Å². The number of carbonyl (C=O) groups is 2. The Bertz CT molecular complexity index is 743. The number of anilines is 1. The molecule has 1 aromatic heterocycles. The molecule has 0 saturated heterocycles. The van der Waals surface area contributed by atoms with Crippen LogP contribution in [0.5, 0.6) is 0 Å². The van der Waals surface area contributed by atoms with Crippen LogP contribution in [0.1, 0.15) is 36.7 Å². The summed E-state index contributed by atoms with van der Waals surface area (Å²) in [6.45, 7) is 2.42. The molecule has 0 aliphatic carbocycles. The molecule has 0 fully saturated rings. The fourth-order valence-electron chi connectivity index (χ4n) is 2.05. The summed E-state index contributed by atoms with van der Waals surface area (Å²) in [6, 6.07) is 9.24. The van der Waals surface area contributed by atoms with Gasteiger partial charge in [0.25, 0.3) is 5.91 Å². The first-order chi connectivity index (χ1) is 12.6. The predicted molar refractivity (Wildman–Crippen MR) is 105 cm³/mol. The maximum absolute atomic E-state index is 12.2. The minimum atomic E-state index is -0.362. The van der Waals surface area contributed by atoms with E-state index in [1.807, 2.05) is 30.3 Å². The number of thioether (sulfide) groups is 1. The van der Waals surface area contributed by atoms with Crippen LogP contribution >= 0.6 is 23.4 Å². The van der Waals surface area contributed by atoms with E-state index >= 15 is 0 Å². The molecule has 1 heterocycles. The maximum Gasteiger partial charge on any atom is 0.271 e. The number of rotatable bonds is 9. The van der Waals surface area contributed by atoms with E-state index in [1.165, 1.54) is 18.0 Å². The van der Waals surface area contributed by atoms with Crippen molar-refractivity contribution in [3.8, 4) is 0 Å². The predicted octanol–water partition coefficient (Wildman–Crippen LogP) is 3.78. The summed E-state index contributed by atoms with van der Waals surface area (Å²) >= 11 is 7.50. The van der Waals surface area contributed by atoms with Crippen molar-refractivity contribution >= 4 is 40.9 Å². The molecule has 0 aliphatic rings. The summed E-state index contributed by atoms with van der Waals surface area (Å²) in [5.74, 6) is 0.419. The first-order valence-corrected chi connectivity index (χ1v) is 9.75. The summed E-state index contributed by atoms with van der Waals surface area (Å²) in [4.78, 5) is 32.4. The standard InChI is InChI=1S/C18H21ClN4O2S/c1-2-11-26-18-21-12-14(19)16(23-18)17(25)20-10-6-9-15(24)22-13-7-4-3-5-8-13/h3-5,7-8,12H,2,6,9-11H2,1H3,(H,20,25)(H,22,24). The average Bonchev–Trinajstić information content (AvgIpc) is 2.65. The number of halogens is 1. The van der Waals surface area contributed by atoms with Crippen LogP contribution in [0.15, 0.2) is 41.7 Å². The second kappa shape index (κ2) is 10.8. The van der Waals surface area contributed by atoms with Crippen molar-refractivity contribution in [1.82, 2.24) is 15.3 Å². The molecule has 26 heavy (non-hydrogen) atoms. The highest BCUT2D eigenvalue weighted by Crippen LogP contribution is 2.18. The molecule has 0 spiro atoms. The highest BCUT2D eigenvalue weighted by Gasteiger charge is 2.14. The van der Waals surface area contributed by atoms with Crippen molar-refractivity contribution in [3.63, 3.8) is 0 Å².